The zero-order valence-corrected chi connectivity index (χ0v) is 9.21. The van der Waals surface area contributed by atoms with Gasteiger partial charge in [-0.3, -0.25) is 10.1 Å². The van der Waals surface area contributed by atoms with Gasteiger partial charge in [-0.1, -0.05) is 11.6 Å². The minimum absolute atomic E-state index is 0.300. The van der Waals surface area contributed by atoms with E-state index in [-0.39, 0.29) is 5.15 Å². The molecule has 2 N–H and O–H groups in total. The van der Waals surface area contributed by atoms with Gasteiger partial charge >= 0.3 is 6.18 Å². The minimum Gasteiger partial charge on any atom is -0.314 e. The maximum Gasteiger partial charge on any atom is 0.410 e. The van der Waals surface area contributed by atoms with E-state index in [0.717, 1.165) is 6.07 Å². The molecule has 0 unspecified atom stereocenters. The minimum atomic E-state index is -4.84. The van der Waals surface area contributed by atoms with Gasteiger partial charge in [0.05, 0.1) is 10.5 Å². The molecule has 0 amide bonds. The van der Waals surface area contributed by atoms with Gasteiger partial charge in [0.25, 0.3) is 5.69 Å². The van der Waals surface area contributed by atoms with Gasteiger partial charge in [-0.25, -0.2) is 4.98 Å². The number of halogens is 4. The molecule has 0 saturated heterocycles. The molecule has 94 valence electrons. The lowest BCUT2D eigenvalue weighted by atomic mass is 9.92. The van der Waals surface area contributed by atoms with Crippen molar-refractivity contribution >= 4 is 17.3 Å². The molecule has 0 radical (unpaired) electrons. The summed E-state index contributed by atoms with van der Waals surface area (Å²) in [4.78, 5) is 13.0. The predicted molar refractivity (Wildman–Crippen MR) is 53.5 cm³/mol. The SMILES string of the molecule is C[C@](N)(c1cc(Cl)ncc1[N+](=O)[O-])C(F)(F)F. The van der Waals surface area contributed by atoms with Gasteiger partial charge in [-0.2, -0.15) is 13.2 Å². The summed E-state index contributed by atoms with van der Waals surface area (Å²) in [5, 5.41) is 10.3. The van der Waals surface area contributed by atoms with Crippen LogP contribution in [0.2, 0.25) is 5.15 Å². The molecule has 9 heteroatoms. The van der Waals surface area contributed by atoms with Crippen LogP contribution in [0.4, 0.5) is 18.9 Å². The molecule has 0 aliphatic heterocycles. The first-order valence-corrected chi connectivity index (χ1v) is 4.61. The van der Waals surface area contributed by atoms with Gasteiger partial charge in [0.15, 0.2) is 0 Å². The smallest absolute Gasteiger partial charge is 0.314 e. The highest BCUT2D eigenvalue weighted by Gasteiger charge is 2.52. The average molecular weight is 270 g/mol. The summed E-state index contributed by atoms with van der Waals surface area (Å²) in [5.74, 6) is 0. The van der Waals surface area contributed by atoms with E-state index >= 15 is 0 Å². The summed E-state index contributed by atoms with van der Waals surface area (Å²) >= 11 is 5.42. The molecule has 0 bridgehead atoms. The molecule has 1 atom stereocenters. The molecule has 1 rings (SSSR count). The maximum atomic E-state index is 12.7. The normalized spacial score (nSPS) is 15.4. The second kappa shape index (κ2) is 4.11. The Labute approximate surface area is 98.5 Å². The van der Waals surface area contributed by atoms with Crippen molar-refractivity contribution in [3.8, 4) is 0 Å². The van der Waals surface area contributed by atoms with Crippen LogP contribution in [0.3, 0.4) is 0 Å². The fourth-order valence-electron chi connectivity index (χ4n) is 1.14. The van der Waals surface area contributed by atoms with Crippen molar-refractivity contribution in [2.24, 2.45) is 5.73 Å². The summed E-state index contributed by atoms with van der Waals surface area (Å²) in [7, 11) is 0. The Morgan fingerprint density at radius 2 is 2.06 bits per heavy atom. The Bertz CT molecular complexity index is 462. The lowest BCUT2D eigenvalue weighted by Gasteiger charge is -2.27. The van der Waals surface area contributed by atoms with E-state index in [1.807, 2.05) is 0 Å². The molecule has 0 aromatic carbocycles. The molecular weight excluding hydrogens is 263 g/mol. The quantitative estimate of drug-likeness (QED) is 0.508. The lowest BCUT2D eigenvalue weighted by molar-refractivity contribution is -0.387. The van der Waals surface area contributed by atoms with Crippen molar-refractivity contribution in [2.45, 2.75) is 18.6 Å². The van der Waals surface area contributed by atoms with E-state index in [9.17, 15) is 23.3 Å². The van der Waals surface area contributed by atoms with Crippen LogP contribution in [0.15, 0.2) is 12.3 Å². The molecule has 1 aromatic rings. The number of pyridine rings is 1. The van der Waals surface area contributed by atoms with E-state index in [2.05, 4.69) is 4.98 Å². The zero-order valence-electron chi connectivity index (χ0n) is 8.45. The second-order valence-electron chi connectivity index (χ2n) is 3.48. The van der Waals surface area contributed by atoms with E-state index in [4.69, 9.17) is 17.3 Å². The van der Waals surface area contributed by atoms with Crippen LogP contribution in [-0.2, 0) is 5.54 Å². The van der Waals surface area contributed by atoms with Crippen LogP contribution < -0.4 is 5.73 Å². The third-order valence-corrected chi connectivity index (χ3v) is 2.40. The van der Waals surface area contributed by atoms with Crippen LogP contribution in [0.5, 0.6) is 0 Å². The first kappa shape index (κ1) is 13.7. The molecule has 1 aromatic heterocycles. The lowest BCUT2D eigenvalue weighted by Crippen LogP contribution is -2.48. The Kier molecular flexibility index (Phi) is 3.30. The highest BCUT2D eigenvalue weighted by Crippen LogP contribution is 2.40. The predicted octanol–water partition coefficient (Wildman–Crippen LogP) is 2.38. The van der Waals surface area contributed by atoms with E-state index in [0.29, 0.717) is 13.1 Å². The molecule has 0 aliphatic rings. The molecule has 0 fully saturated rings. The molecule has 1 heterocycles. The Morgan fingerprint density at radius 3 is 2.47 bits per heavy atom. The molecular formula is C8H7ClF3N3O2. The van der Waals surface area contributed by atoms with Gasteiger partial charge in [-0.05, 0) is 13.0 Å². The number of nitro groups is 1. The van der Waals surface area contributed by atoms with E-state index in [1.54, 1.807) is 0 Å². The standard InChI is InChI=1S/C8H7ClF3N3O2/c1-7(13,8(10,11)12)4-2-6(9)14-3-5(4)15(16)17/h2-3H,13H2,1H3/t7-/m0/s1. The number of hydrogen-bond donors (Lipinski definition) is 1. The molecule has 0 saturated carbocycles. The van der Waals surface area contributed by atoms with Gasteiger partial charge in [0, 0.05) is 0 Å². The number of aromatic nitrogens is 1. The van der Waals surface area contributed by atoms with Crippen LogP contribution in [-0.4, -0.2) is 16.1 Å². The van der Waals surface area contributed by atoms with Gasteiger partial charge in [-0.15, -0.1) is 0 Å². The largest absolute Gasteiger partial charge is 0.410 e. The number of nitrogens with two attached hydrogens (primary N) is 1. The van der Waals surface area contributed by atoms with Crippen molar-refractivity contribution in [2.75, 3.05) is 0 Å². The van der Waals surface area contributed by atoms with E-state index < -0.39 is 27.9 Å². The van der Waals surface area contributed by atoms with Gasteiger partial charge < -0.3 is 5.73 Å². The number of rotatable bonds is 2. The van der Waals surface area contributed by atoms with E-state index in [1.165, 1.54) is 0 Å². The first-order valence-electron chi connectivity index (χ1n) is 4.23. The Morgan fingerprint density at radius 1 is 1.53 bits per heavy atom. The maximum absolute atomic E-state index is 12.7. The van der Waals surface area contributed by atoms with Crippen molar-refractivity contribution in [1.82, 2.24) is 4.98 Å². The summed E-state index contributed by atoms with van der Waals surface area (Å²) < 4.78 is 38.0. The van der Waals surface area contributed by atoms with Crippen LogP contribution in [0.1, 0.15) is 12.5 Å². The third kappa shape index (κ3) is 2.47. The molecule has 5 nitrogen and oxygen atoms in total. The Hall–Kier alpha value is -1.41. The number of nitrogens with zero attached hydrogens (tertiary/aromatic N) is 2. The van der Waals surface area contributed by atoms with Crippen LogP contribution in [0.25, 0.3) is 0 Å². The first-order chi connectivity index (χ1) is 7.57. The number of alkyl halides is 3. The highest BCUT2D eigenvalue weighted by molar-refractivity contribution is 6.29. The summed E-state index contributed by atoms with van der Waals surface area (Å²) in [5.41, 5.74) is 0.684. The molecule has 17 heavy (non-hydrogen) atoms. The van der Waals surface area contributed by atoms with Crippen molar-refractivity contribution < 1.29 is 18.1 Å². The second-order valence-corrected chi connectivity index (χ2v) is 3.87. The third-order valence-electron chi connectivity index (χ3n) is 2.19. The van der Waals surface area contributed by atoms with Crippen LogP contribution in [0, 0.1) is 10.1 Å². The fourth-order valence-corrected chi connectivity index (χ4v) is 1.29. The molecule has 0 aliphatic carbocycles. The monoisotopic (exact) mass is 269 g/mol. The summed E-state index contributed by atoms with van der Waals surface area (Å²) in [6, 6.07) is 0.743. The van der Waals surface area contributed by atoms with Crippen molar-refractivity contribution in [1.29, 1.82) is 0 Å². The number of hydrogen-bond acceptors (Lipinski definition) is 4. The van der Waals surface area contributed by atoms with Gasteiger partial charge in [0.1, 0.15) is 16.9 Å². The highest BCUT2D eigenvalue weighted by atomic mass is 35.5. The summed E-state index contributed by atoms with van der Waals surface area (Å²) in [6.45, 7) is 0.631. The van der Waals surface area contributed by atoms with Crippen molar-refractivity contribution in [3.05, 3.63) is 33.1 Å². The van der Waals surface area contributed by atoms with Crippen molar-refractivity contribution in [3.63, 3.8) is 0 Å². The van der Waals surface area contributed by atoms with Gasteiger partial charge in [0.2, 0.25) is 0 Å². The summed E-state index contributed by atoms with van der Waals surface area (Å²) in [6.07, 6.45) is -4.20. The topological polar surface area (TPSA) is 82.0 Å². The zero-order chi connectivity index (χ0) is 13.4. The fraction of sp³-hybridized carbons (Fsp3) is 0.375. The van der Waals surface area contributed by atoms with Crippen LogP contribution >= 0.6 is 11.6 Å². The Balaban J connectivity index is 3.49. The molecule has 0 spiro atoms. The average Bonchev–Trinajstić information content (AvgIpc) is 2.15.